The van der Waals surface area contributed by atoms with E-state index in [1.54, 1.807) is 4.90 Å². The number of likely N-dealkylation sites (tertiary alicyclic amines) is 1. The first-order chi connectivity index (χ1) is 15.0. The van der Waals surface area contributed by atoms with E-state index in [9.17, 15) is 18.4 Å². The van der Waals surface area contributed by atoms with Gasteiger partial charge in [-0.3, -0.25) is 9.59 Å². The highest BCUT2D eigenvalue weighted by Crippen LogP contribution is 2.27. The quantitative estimate of drug-likeness (QED) is 0.618. The van der Waals surface area contributed by atoms with E-state index in [-0.39, 0.29) is 41.9 Å². The second-order valence-electron chi connectivity index (χ2n) is 7.41. The molecule has 1 N–H and O–H groups in total. The summed E-state index contributed by atoms with van der Waals surface area (Å²) >= 11 is 1.49. The molecule has 162 valence electrons. The summed E-state index contributed by atoms with van der Waals surface area (Å²) in [4.78, 5) is 30.2. The van der Waals surface area contributed by atoms with Gasteiger partial charge < -0.3 is 14.6 Å². The summed E-state index contributed by atoms with van der Waals surface area (Å²) in [6.07, 6.45) is 4.25. The second kappa shape index (κ2) is 9.38. The van der Waals surface area contributed by atoms with Crippen LogP contribution in [0.5, 0.6) is 0 Å². The molecule has 0 unspecified atom stereocenters. The van der Waals surface area contributed by atoms with Crippen molar-refractivity contribution in [3.05, 3.63) is 63.7 Å². The van der Waals surface area contributed by atoms with Gasteiger partial charge in [-0.15, -0.1) is 0 Å². The number of hydrogen-bond donors (Lipinski definition) is 1. The number of carbonyl (C=O) groups excluding carboxylic acids is 2. The molecule has 4 rings (SSSR count). The van der Waals surface area contributed by atoms with Gasteiger partial charge in [-0.2, -0.15) is 11.3 Å². The Labute approximate surface area is 181 Å². The zero-order valence-electron chi connectivity index (χ0n) is 16.7. The molecule has 1 aliphatic heterocycles. The fourth-order valence-corrected chi connectivity index (χ4v) is 4.19. The molecular formula is C22H21F2N3O3S. The average Bonchev–Trinajstić information content (AvgIpc) is 3.44. The molecule has 0 aliphatic carbocycles. The highest BCUT2D eigenvalue weighted by atomic mass is 32.1. The van der Waals surface area contributed by atoms with Gasteiger partial charge in [0.2, 0.25) is 11.8 Å². The zero-order valence-corrected chi connectivity index (χ0v) is 17.5. The normalized spacial score (nSPS) is 13.9. The third-order valence-electron chi connectivity index (χ3n) is 5.12. The molecule has 1 aliphatic rings. The highest BCUT2D eigenvalue weighted by Gasteiger charge is 2.24. The Morgan fingerprint density at radius 2 is 1.87 bits per heavy atom. The number of carbonyl (C=O) groups is 2. The monoisotopic (exact) mass is 445 g/mol. The molecule has 1 saturated heterocycles. The van der Waals surface area contributed by atoms with Crippen LogP contribution < -0.4 is 5.32 Å². The molecule has 9 heteroatoms. The van der Waals surface area contributed by atoms with Crippen LogP contribution in [0.1, 0.15) is 40.9 Å². The van der Waals surface area contributed by atoms with Crippen LogP contribution >= 0.6 is 11.3 Å². The van der Waals surface area contributed by atoms with Crippen molar-refractivity contribution >= 4 is 23.2 Å². The van der Waals surface area contributed by atoms with E-state index in [1.807, 2.05) is 16.8 Å². The molecule has 31 heavy (non-hydrogen) atoms. The predicted molar refractivity (Wildman–Crippen MR) is 111 cm³/mol. The van der Waals surface area contributed by atoms with Crippen molar-refractivity contribution in [3.8, 4) is 11.5 Å². The Kier molecular flexibility index (Phi) is 6.41. The van der Waals surface area contributed by atoms with Crippen LogP contribution in [-0.4, -0.2) is 34.8 Å². The number of nitrogens with one attached hydrogen (secondary N) is 1. The number of benzene rings is 1. The summed E-state index contributed by atoms with van der Waals surface area (Å²) < 4.78 is 34.5. The smallest absolute Gasteiger partial charge is 0.275 e. The fourth-order valence-electron chi connectivity index (χ4n) is 3.52. The second-order valence-corrected chi connectivity index (χ2v) is 8.19. The third kappa shape index (κ3) is 4.99. The van der Waals surface area contributed by atoms with Crippen LogP contribution in [0, 0.1) is 11.6 Å². The molecule has 1 aromatic carbocycles. The van der Waals surface area contributed by atoms with E-state index in [0.29, 0.717) is 13.1 Å². The van der Waals surface area contributed by atoms with Gasteiger partial charge in [0.05, 0.1) is 6.42 Å². The van der Waals surface area contributed by atoms with E-state index < -0.39 is 17.2 Å². The Hall–Kier alpha value is -3.07. The number of amides is 2. The lowest BCUT2D eigenvalue weighted by atomic mass is 10.1. The molecule has 3 heterocycles. The molecule has 1 fully saturated rings. The van der Waals surface area contributed by atoms with Gasteiger partial charge in [-0.05, 0) is 59.3 Å². The van der Waals surface area contributed by atoms with E-state index in [4.69, 9.17) is 4.42 Å². The van der Waals surface area contributed by atoms with Crippen molar-refractivity contribution in [1.29, 1.82) is 0 Å². The summed E-state index contributed by atoms with van der Waals surface area (Å²) in [6, 6.07) is 4.10. The molecule has 0 saturated carbocycles. The van der Waals surface area contributed by atoms with Crippen molar-refractivity contribution in [3.63, 3.8) is 0 Å². The van der Waals surface area contributed by atoms with Gasteiger partial charge >= 0.3 is 0 Å². The number of aromatic nitrogens is 1. The maximum absolute atomic E-state index is 14.6. The SMILES string of the molecule is O=C(Cc1ccsc1)NCc1cc(F)c(-c2nc(C(=O)N3CCCCC3)co2)c(F)c1. The van der Waals surface area contributed by atoms with E-state index in [0.717, 1.165) is 43.2 Å². The number of thiophene rings is 1. The summed E-state index contributed by atoms with van der Waals surface area (Å²) in [7, 11) is 0. The molecule has 0 spiro atoms. The zero-order chi connectivity index (χ0) is 21.8. The average molecular weight is 445 g/mol. The van der Waals surface area contributed by atoms with Crippen molar-refractivity contribution in [1.82, 2.24) is 15.2 Å². The molecular weight excluding hydrogens is 424 g/mol. The van der Waals surface area contributed by atoms with Gasteiger partial charge in [-0.25, -0.2) is 13.8 Å². The lowest BCUT2D eigenvalue weighted by Crippen LogP contribution is -2.35. The number of piperidine rings is 1. The topological polar surface area (TPSA) is 75.4 Å². The van der Waals surface area contributed by atoms with Gasteiger partial charge in [-0.1, -0.05) is 0 Å². The van der Waals surface area contributed by atoms with Crippen LogP contribution in [0.15, 0.2) is 39.6 Å². The van der Waals surface area contributed by atoms with Crippen molar-refractivity contribution in [2.75, 3.05) is 13.1 Å². The molecule has 0 bridgehead atoms. The Balaban J connectivity index is 1.44. The first-order valence-corrected chi connectivity index (χ1v) is 11.0. The largest absolute Gasteiger partial charge is 0.443 e. The standard InChI is InChI=1S/C22H21F2N3O3S/c23-16-8-15(11-25-19(28)10-14-4-7-31-13-14)9-17(24)20(16)21-26-18(12-30-21)22(29)27-5-2-1-3-6-27/h4,7-9,12-13H,1-3,5-6,10-11H2,(H,25,28). The van der Waals surface area contributed by atoms with Gasteiger partial charge in [0.15, 0.2) is 5.69 Å². The van der Waals surface area contributed by atoms with Gasteiger partial charge in [0.25, 0.3) is 5.91 Å². The van der Waals surface area contributed by atoms with E-state index in [2.05, 4.69) is 10.3 Å². The summed E-state index contributed by atoms with van der Waals surface area (Å²) in [6.45, 7) is 1.26. The van der Waals surface area contributed by atoms with Crippen LogP contribution in [0.2, 0.25) is 0 Å². The first-order valence-electron chi connectivity index (χ1n) is 10.0. The van der Waals surface area contributed by atoms with E-state index >= 15 is 0 Å². The first kappa shape index (κ1) is 21.2. The number of hydrogen-bond acceptors (Lipinski definition) is 5. The molecule has 0 radical (unpaired) electrons. The Morgan fingerprint density at radius 1 is 1.13 bits per heavy atom. The Bertz CT molecular complexity index is 1050. The fraction of sp³-hybridized carbons (Fsp3) is 0.318. The Morgan fingerprint density at radius 3 is 2.55 bits per heavy atom. The molecule has 3 aromatic rings. The number of oxazole rings is 1. The van der Waals surface area contributed by atoms with Gasteiger partial charge in [0, 0.05) is 19.6 Å². The lowest BCUT2D eigenvalue weighted by molar-refractivity contribution is -0.120. The third-order valence-corrected chi connectivity index (χ3v) is 5.85. The number of rotatable bonds is 6. The minimum Gasteiger partial charge on any atom is -0.443 e. The van der Waals surface area contributed by atoms with Crippen molar-refractivity contribution in [2.24, 2.45) is 0 Å². The van der Waals surface area contributed by atoms with E-state index in [1.165, 1.54) is 11.3 Å². The maximum atomic E-state index is 14.6. The van der Waals surface area contributed by atoms with Crippen LogP contribution in [0.3, 0.4) is 0 Å². The van der Waals surface area contributed by atoms with Gasteiger partial charge in [0.1, 0.15) is 23.5 Å². The highest BCUT2D eigenvalue weighted by molar-refractivity contribution is 7.08. The molecule has 2 amide bonds. The van der Waals surface area contributed by atoms with Crippen LogP contribution in [0.25, 0.3) is 11.5 Å². The molecule has 6 nitrogen and oxygen atoms in total. The number of nitrogens with zero attached hydrogens (tertiary/aromatic N) is 2. The van der Waals surface area contributed by atoms with Crippen LogP contribution in [-0.2, 0) is 17.8 Å². The van der Waals surface area contributed by atoms with Crippen molar-refractivity contribution in [2.45, 2.75) is 32.2 Å². The number of halogens is 2. The summed E-state index contributed by atoms with van der Waals surface area (Å²) in [5.41, 5.74) is 0.745. The maximum Gasteiger partial charge on any atom is 0.275 e. The summed E-state index contributed by atoms with van der Waals surface area (Å²) in [5.74, 6) is -2.58. The molecule has 0 atom stereocenters. The molecule has 2 aromatic heterocycles. The van der Waals surface area contributed by atoms with Crippen LogP contribution in [0.4, 0.5) is 8.78 Å². The lowest BCUT2D eigenvalue weighted by Gasteiger charge is -2.25. The summed E-state index contributed by atoms with van der Waals surface area (Å²) in [5, 5.41) is 6.39. The minimum atomic E-state index is -0.874. The van der Waals surface area contributed by atoms with Crippen molar-refractivity contribution < 1.29 is 22.8 Å². The minimum absolute atomic E-state index is 0.0125. The predicted octanol–water partition coefficient (Wildman–Crippen LogP) is 4.17.